The number of ether oxygens (including phenoxy) is 2. The first-order chi connectivity index (χ1) is 12.6. The van der Waals surface area contributed by atoms with Crippen LogP contribution in [0.5, 0.6) is 11.5 Å². The summed E-state index contributed by atoms with van der Waals surface area (Å²) in [4.78, 5) is 19.4. The lowest BCUT2D eigenvalue weighted by atomic mass is 10.0. The number of hydrogen-bond donors (Lipinski definition) is 0. The molecule has 0 N–H and O–H groups in total. The zero-order valence-corrected chi connectivity index (χ0v) is 14.1. The predicted molar refractivity (Wildman–Crippen MR) is 92.0 cm³/mol. The maximum Gasteiger partial charge on any atom is 0.253 e. The Morgan fingerprint density at radius 3 is 2.92 bits per heavy atom. The Morgan fingerprint density at radius 2 is 2.08 bits per heavy atom. The number of nitrogens with zero attached hydrogens (tertiary/aromatic N) is 2. The summed E-state index contributed by atoms with van der Waals surface area (Å²) in [5.41, 5.74) is 2.00. The van der Waals surface area contributed by atoms with Gasteiger partial charge in [0.05, 0.1) is 12.3 Å². The minimum Gasteiger partial charge on any atom is -0.454 e. The van der Waals surface area contributed by atoms with E-state index in [0.717, 1.165) is 11.3 Å². The third-order valence-electron chi connectivity index (χ3n) is 4.33. The molecule has 134 valence electrons. The summed E-state index contributed by atoms with van der Waals surface area (Å²) in [6.45, 7) is 0.574. The number of carbonyl (C=O) groups excluding carboxylic acids is 1. The number of oxime groups is 1. The fraction of sp³-hybridized carbons (Fsp3) is 0.263. The molecule has 4 rings (SSSR count). The van der Waals surface area contributed by atoms with E-state index in [-0.39, 0.29) is 18.8 Å². The number of hydrogen-bond acceptors (Lipinski definition) is 5. The van der Waals surface area contributed by atoms with Gasteiger partial charge in [0.1, 0.15) is 5.82 Å². The van der Waals surface area contributed by atoms with E-state index >= 15 is 0 Å². The van der Waals surface area contributed by atoms with Crippen LogP contribution >= 0.6 is 0 Å². The molecule has 2 aliphatic rings. The number of carbonyl (C=O) groups is 1. The van der Waals surface area contributed by atoms with E-state index in [0.29, 0.717) is 30.0 Å². The number of likely N-dealkylation sites (N-methyl/N-ethyl adjacent to an activating group) is 1. The van der Waals surface area contributed by atoms with Crippen LogP contribution in [0, 0.1) is 5.82 Å². The van der Waals surface area contributed by atoms with Crippen molar-refractivity contribution in [3.05, 3.63) is 59.4 Å². The van der Waals surface area contributed by atoms with Crippen LogP contribution in [0.2, 0.25) is 0 Å². The lowest BCUT2D eigenvalue weighted by Gasteiger charge is -2.20. The molecule has 7 heteroatoms. The van der Waals surface area contributed by atoms with Crippen LogP contribution in [-0.2, 0) is 4.84 Å². The molecule has 0 bridgehead atoms. The molecule has 2 aromatic carbocycles. The van der Waals surface area contributed by atoms with Crippen molar-refractivity contribution in [2.75, 3.05) is 20.4 Å². The average molecular weight is 356 g/mol. The van der Waals surface area contributed by atoms with Crippen LogP contribution in [0.25, 0.3) is 0 Å². The number of rotatable bonds is 4. The summed E-state index contributed by atoms with van der Waals surface area (Å²) >= 11 is 0. The SMILES string of the molecule is CN(CC1CC(c2ccc3c(c2)OCO3)=NO1)C(=O)c1cccc(F)c1. The Labute approximate surface area is 149 Å². The number of amides is 1. The van der Waals surface area contributed by atoms with Crippen molar-refractivity contribution < 1.29 is 23.5 Å². The van der Waals surface area contributed by atoms with Gasteiger partial charge in [-0.3, -0.25) is 4.79 Å². The third kappa shape index (κ3) is 3.20. The first-order valence-corrected chi connectivity index (χ1v) is 8.24. The topological polar surface area (TPSA) is 60.4 Å². The minimum absolute atomic E-state index is 0.220. The Balaban J connectivity index is 1.38. The molecule has 26 heavy (non-hydrogen) atoms. The molecule has 1 unspecified atom stereocenters. The summed E-state index contributed by atoms with van der Waals surface area (Å²) in [5, 5.41) is 4.13. The minimum atomic E-state index is -0.435. The maximum atomic E-state index is 13.3. The molecule has 0 spiro atoms. The van der Waals surface area contributed by atoms with Crippen LogP contribution in [0.3, 0.4) is 0 Å². The summed E-state index contributed by atoms with van der Waals surface area (Å²) in [7, 11) is 1.66. The molecule has 2 aliphatic heterocycles. The van der Waals surface area contributed by atoms with Crippen LogP contribution in [0.15, 0.2) is 47.6 Å². The molecule has 0 saturated carbocycles. The van der Waals surface area contributed by atoms with Gasteiger partial charge >= 0.3 is 0 Å². The van der Waals surface area contributed by atoms with Crippen LogP contribution in [0.1, 0.15) is 22.3 Å². The second-order valence-electron chi connectivity index (χ2n) is 6.23. The van der Waals surface area contributed by atoms with Gasteiger partial charge in [-0.1, -0.05) is 11.2 Å². The lowest BCUT2D eigenvalue weighted by Crippen LogP contribution is -2.34. The summed E-state index contributed by atoms with van der Waals surface area (Å²) < 4.78 is 24.0. The number of fused-ring (bicyclic) bond motifs is 1. The average Bonchev–Trinajstić information content (AvgIpc) is 3.29. The van der Waals surface area contributed by atoms with E-state index in [1.807, 2.05) is 18.2 Å². The maximum absolute atomic E-state index is 13.3. The number of benzene rings is 2. The largest absolute Gasteiger partial charge is 0.454 e. The van der Waals surface area contributed by atoms with Crippen molar-refractivity contribution in [2.45, 2.75) is 12.5 Å². The fourth-order valence-corrected chi connectivity index (χ4v) is 3.00. The second-order valence-corrected chi connectivity index (χ2v) is 6.23. The van der Waals surface area contributed by atoms with Crippen LogP contribution < -0.4 is 9.47 Å². The van der Waals surface area contributed by atoms with E-state index in [4.69, 9.17) is 14.3 Å². The molecule has 0 radical (unpaired) electrons. The first kappa shape index (κ1) is 16.4. The van der Waals surface area contributed by atoms with Gasteiger partial charge in [-0.05, 0) is 36.4 Å². The molecule has 1 atom stereocenters. The van der Waals surface area contributed by atoms with Crippen molar-refractivity contribution in [3.63, 3.8) is 0 Å². The molecule has 0 fully saturated rings. The molecule has 6 nitrogen and oxygen atoms in total. The molecular formula is C19H17FN2O4. The van der Waals surface area contributed by atoms with Gasteiger partial charge in [0.15, 0.2) is 17.6 Å². The van der Waals surface area contributed by atoms with E-state index in [1.165, 1.54) is 23.1 Å². The summed E-state index contributed by atoms with van der Waals surface area (Å²) in [6.07, 6.45) is 0.318. The predicted octanol–water partition coefficient (Wildman–Crippen LogP) is 2.82. The van der Waals surface area contributed by atoms with Gasteiger partial charge in [-0.25, -0.2) is 4.39 Å². The molecule has 0 aliphatic carbocycles. The van der Waals surface area contributed by atoms with Gasteiger partial charge in [0.2, 0.25) is 6.79 Å². The highest BCUT2D eigenvalue weighted by molar-refractivity contribution is 6.02. The van der Waals surface area contributed by atoms with E-state index in [2.05, 4.69) is 5.16 Å². The Hall–Kier alpha value is -3.09. The molecule has 1 amide bonds. The van der Waals surface area contributed by atoms with Gasteiger partial charge < -0.3 is 19.2 Å². The van der Waals surface area contributed by atoms with E-state index in [1.54, 1.807) is 13.1 Å². The van der Waals surface area contributed by atoms with Crippen molar-refractivity contribution in [1.29, 1.82) is 0 Å². The fourth-order valence-electron chi connectivity index (χ4n) is 3.00. The van der Waals surface area contributed by atoms with E-state index in [9.17, 15) is 9.18 Å². The van der Waals surface area contributed by atoms with Crippen molar-refractivity contribution in [2.24, 2.45) is 5.16 Å². The Bertz CT molecular complexity index is 884. The third-order valence-corrected chi connectivity index (χ3v) is 4.33. The monoisotopic (exact) mass is 356 g/mol. The Kier molecular flexibility index (Phi) is 4.20. The van der Waals surface area contributed by atoms with Crippen molar-refractivity contribution in [3.8, 4) is 11.5 Å². The van der Waals surface area contributed by atoms with Gasteiger partial charge in [-0.2, -0.15) is 0 Å². The van der Waals surface area contributed by atoms with Crippen LogP contribution in [0.4, 0.5) is 4.39 Å². The van der Waals surface area contributed by atoms with Crippen molar-refractivity contribution in [1.82, 2.24) is 4.90 Å². The molecule has 0 saturated heterocycles. The van der Waals surface area contributed by atoms with E-state index < -0.39 is 5.82 Å². The smallest absolute Gasteiger partial charge is 0.253 e. The number of halogens is 1. The first-order valence-electron chi connectivity index (χ1n) is 8.24. The molecule has 2 aromatic rings. The van der Waals surface area contributed by atoms with Gasteiger partial charge in [0, 0.05) is 24.6 Å². The van der Waals surface area contributed by atoms with Gasteiger partial charge in [0.25, 0.3) is 5.91 Å². The highest BCUT2D eigenvalue weighted by atomic mass is 19.1. The zero-order chi connectivity index (χ0) is 18.1. The molecule has 0 aromatic heterocycles. The zero-order valence-electron chi connectivity index (χ0n) is 14.1. The quantitative estimate of drug-likeness (QED) is 0.845. The molecule has 2 heterocycles. The normalized spacial score (nSPS) is 17.6. The highest BCUT2D eigenvalue weighted by Crippen LogP contribution is 2.33. The second kappa shape index (κ2) is 6.67. The highest BCUT2D eigenvalue weighted by Gasteiger charge is 2.26. The summed E-state index contributed by atoms with van der Waals surface area (Å²) in [6, 6.07) is 11.3. The standard InChI is InChI=1S/C19H17FN2O4/c1-22(19(23)13-3-2-4-14(20)7-13)10-15-9-16(21-26-15)12-5-6-17-18(8-12)25-11-24-17/h2-8,15H,9-11H2,1H3. The van der Waals surface area contributed by atoms with Crippen LogP contribution in [-0.4, -0.2) is 43.0 Å². The Morgan fingerprint density at radius 1 is 1.23 bits per heavy atom. The molecular weight excluding hydrogens is 339 g/mol. The van der Waals surface area contributed by atoms with Gasteiger partial charge in [-0.15, -0.1) is 0 Å². The summed E-state index contributed by atoms with van der Waals surface area (Å²) in [5.74, 6) is 0.705. The van der Waals surface area contributed by atoms with Crippen molar-refractivity contribution >= 4 is 11.6 Å². The lowest BCUT2D eigenvalue weighted by molar-refractivity contribution is 0.0482.